The summed E-state index contributed by atoms with van der Waals surface area (Å²) in [5, 5.41) is -0.757. The lowest BCUT2D eigenvalue weighted by molar-refractivity contribution is -0.221. The minimum atomic E-state index is -3.83. The molecular weight excluding hydrogens is 223 g/mol. The molecule has 0 heterocycles. The molecule has 0 unspecified atom stereocenters. The van der Waals surface area contributed by atoms with Gasteiger partial charge in [0, 0.05) is 5.34 Å². The van der Waals surface area contributed by atoms with Gasteiger partial charge in [0.2, 0.25) is 0 Å². The van der Waals surface area contributed by atoms with Crippen LogP contribution in [0.2, 0.25) is 0 Å². The van der Waals surface area contributed by atoms with Crippen molar-refractivity contribution in [1.82, 2.24) is 5.34 Å². The lowest BCUT2D eigenvalue weighted by Crippen LogP contribution is -2.31. The Kier molecular flexibility index (Phi) is 7.13. The molecule has 0 fully saturated rings. The van der Waals surface area contributed by atoms with Crippen LogP contribution in [0.3, 0.4) is 0 Å². The molecule has 0 aromatic heterocycles. The Labute approximate surface area is 81.5 Å². The summed E-state index contributed by atoms with van der Waals surface area (Å²) in [6.45, 7) is 4.71. The minimum Gasteiger partial charge on any atom is -0.197 e. The van der Waals surface area contributed by atoms with E-state index in [0.717, 1.165) is 0 Å². The van der Waals surface area contributed by atoms with Gasteiger partial charge in [-0.15, -0.1) is 8.96 Å². The fraction of sp³-hybridized carbons (Fsp3) is 1.00. The Morgan fingerprint density at radius 3 is 1.64 bits per heavy atom. The summed E-state index contributed by atoms with van der Waals surface area (Å²) in [6.07, 6.45) is 1.08. The Balaban J connectivity index is 0. The largest absolute Gasteiger partial charge is 0.295 e. The maximum absolute atomic E-state index is 11.6. The number of rotatable bonds is 3. The van der Waals surface area contributed by atoms with Crippen molar-refractivity contribution < 1.29 is 26.3 Å². The van der Waals surface area contributed by atoms with E-state index in [9.17, 15) is 21.9 Å². The third-order valence-electron chi connectivity index (χ3n) is 1.44. The van der Waals surface area contributed by atoms with Gasteiger partial charge in [-0.25, -0.2) is 0 Å². The summed E-state index contributed by atoms with van der Waals surface area (Å²) >= 11 is 0. The van der Waals surface area contributed by atoms with E-state index < -0.39 is 21.0 Å². The smallest absolute Gasteiger partial charge is 0.197 e. The molecule has 0 spiro atoms. The van der Waals surface area contributed by atoms with Crippen molar-refractivity contribution in [2.45, 2.75) is 32.7 Å². The van der Waals surface area contributed by atoms with Crippen molar-refractivity contribution in [3.8, 4) is 0 Å². The lowest BCUT2D eigenvalue weighted by atomic mass is 10.0. The lowest BCUT2D eigenvalue weighted by Gasteiger charge is -2.21. The molecule has 14 heavy (non-hydrogen) atoms. The highest BCUT2D eigenvalue weighted by Gasteiger charge is 2.24. The van der Waals surface area contributed by atoms with E-state index >= 15 is 0 Å². The molecule has 4 nitrogen and oxygen atoms in total. The summed E-state index contributed by atoms with van der Waals surface area (Å²) in [4.78, 5) is 0. The zero-order valence-electron chi connectivity index (χ0n) is 8.42. The van der Waals surface area contributed by atoms with E-state index in [4.69, 9.17) is 0 Å². The number of hydrogen-bond acceptors (Lipinski definition) is 4. The second kappa shape index (κ2) is 6.20. The molecule has 0 bridgehead atoms. The summed E-state index contributed by atoms with van der Waals surface area (Å²) in [7, 11) is -3.83. The normalized spacial score (nSPS) is 12.3. The maximum atomic E-state index is 11.6. The molecule has 0 atom stereocenters. The van der Waals surface area contributed by atoms with Gasteiger partial charge in [0.05, 0.1) is 11.8 Å². The molecule has 0 aromatic carbocycles. The highest BCUT2D eigenvalue weighted by Crippen LogP contribution is 2.18. The van der Waals surface area contributed by atoms with E-state index in [2.05, 4.69) is 4.39 Å². The van der Waals surface area contributed by atoms with E-state index in [0.29, 0.717) is 12.7 Å². The van der Waals surface area contributed by atoms with Crippen molar-refractivity contribution in [2.24, 2.45) is 0 Å². The standard InChI is InChI=1S/C5H11F2N.CH3FO3S/c1-4-5(2,3)8(6)7;1-6(3,4)5-2/h4H2,1-3H3;1H3. The van der Waals surface area contributed by atoms with Crippen LogP contribution in [0.4, 0.5) is 13.5 Å². The molecule has 0 aliphatic heterocycles. The molecule has 0 amide bonds. The predicted molar refractivity (Wildman–Crippen MR) is 45.5 cm³/mol. The number of halogens is 3. The van der Waals surface area contributed by atoms with Crippen molar-refractivity contribution in [1.29, 1.82) is 0 Å². The van der Waals surface area contributed by atoms with E-state index in [1.165, 1.54) is 13.8 Å². The summed E-state index contributed by atoms with van der Waals surface area (Å²) in [6, 6.07) is 0. The van der Waals surface area contributed by atoms with Crippen LogP contribution in [0.1, 0.15) is 27.2 Å². The zero-order valence-corrected chi connectivity index (χ0v) is 9.24. The maximum Gasteiger partial charge on any atom is 0.295 e. The van der Waals surface area contributed by atoms with Crippen LogP contribution in [0.15, 0.2) is 0 Å². The Hall–Kier alpha value is -0.340. The first-order chi connectivity index (χ1) is 6.06. The first-order valence-corrected chi connectivity index (χ1v) is 5.50. The second-order valence-electron chi connectivity index (χ2n) is 3.17. The molecule has 0 aliphatic rings. The van der Waals surface area contributed by atoms with Gasteiger partial charge in [-0.2, -0.15) is 8.42 Å². The van der Waals surface area contributed by atoms with Gasteiger partial charge in [-0.3, -0.25) is 0 Å². The zero-order chi connectivity index (χ0) is 12.0. The average Bonchev–Trinajstić information content (AvgIpc) is 2.04. The van der Waals surface area contributed by atoms with Crippen molar-refractivity contribution in [3.05, 3.63) is 0 Å². The first-order valence-electron chi connectivity index (χ1n) is 3.68. The quantitative estimate of drug-likeness (QED) is 0.705. The SMILES string of the molecule is CCC(C)(C)N(F)F.CS(=O)(=O)OF. The minimum absolute atomic E-state index is 0.458. The van der Waals surface area contributed by atoms with Gasteiger partial charge in [-0.05, 0) is 24.8 Å². The molecule has 0 aliphatic carbocycles. The number of nitrogens with zero attached hydrogens (tertiary/aromatic N) is 1. The molecule has 88 valence electrons. The highest BCUT2D eigenvalue weighted by atomic mass is 32.2. The van der Waals surface area contributed by atoms with Gasteiger partial charge in [0.15, 0.2) is 0 Å². The van der Waals surface area contributed by atoms with Gasteiger partial charge in [0.25, 0.3) is 10.1 Å². The monoisotopic (exact) mass is 237 g/mol. The van der Waals surface area contributed by atoms with Gasteiger partial charge in [0.1, 0.15) is 0 Å². The van der Waals surface area contributed by atoms with Crippen LogP contribution in [-0.2, 0) is 14.5 Å². The van der Waals surface area contributed by atoms with Crippen LogP contribution in [0.25, 0.3) is 0 Å². The summed E-state index contributed by atoms with van der Waals surface area (Å²) < 4.78 is 54.9. The molecule has 0 rings (SSSR count). The Bertz CT molecular complexity index is 241. The molecule has 0 aromatic rings. The predicted octanol–water partition coefficient (Wildman–Crippen LogP) is 2.09. The van der Waals surface area contributed by atoms with Crippen LogP contribution in [0.5, 0.6) is 0 Å². The first kappa shape index (κ1) is 16.1. The number of hydrogen-bond donors (Lipinski definition) is 0. The van der Waals surface area contributed by atoms with Gasteiger partial charge >= 0.3 is 0 Å². The van der Waals surface area contributed by atoms with Crippen molar-refractivity contribution in [2.75, 3.05) is 6.26 Å². The van der Waals surface area contributed by atoms with Crippen LogP contribution < -0.4 is 0 Å². The average molecular weight is 237 g/mol. The van der Waals surface area contributed by atoms with E-state index in [1.54, 1.807) is 6.92 Å². The topological polar surface area (TPSA) is 46.6 Å². The van der Waals surface area contributed by atoms with Crippen molar-refractivity contribution >= 4 is 10.1 Å². The molecule has 0 saturated heterocycles. The Morgan fingerprint density at radius 1 is 1.36 bits per heavy atom. The van der Waals surface area contributed by atoms with Crippen LogP contribution >= 0.6 is 0 Å². The van der Waals surface area contributed by atoms with Gasteiger partial charge < -0.3 is 0 Å². The van der Waals surface area contributed by atoms with Gasteiger partial charge in [-0.1, -0.05) is 11.3 Å². The van der Waals surface area contributed by atoms with Crippen molar-refractivity contribution in [3.63, 3.8) is 0 Å². The second-order valence-corrected chi connectivity index (χ2v) is 4.70. The molecule has 0 N–H and O–H groups in total. The molecule has 0 saturated carbocycles. The third kappa shape index (κ3) is 9.75. The third-order valence-corrected chi connectivity index (χ3v) is 1.67. The van der Waals surface area contributed by atoms with Crippen LogP contribution in [0, 0.1) is 0 Å². The summed E-state index contributed by atoms with van der Waals surface area (Å²) in [5.74, 6) is 0. The highest BCUT2D eigenvalue weighted by molar-refractivity contribution is 7.85. The molecular formula is C6H14F3NO3S. The molecule has 0 radical (unpaired) electrons. The van der Waals surface area contributed by atoms with E-state index in [1.807, 2.05) is 0 Å². The Morgan fingerprint density at radius 2 is 1.64 bits per heavy atom. The molecule has 8 heteroatoms. The fourth-order valence-corrected chi connectivity index (χ4v) is 0.120. The summed E-state index contributed by atoms with van der Waals surface area (Å²) in [5.41, 5.74) is -0.958. The fourth-order valence-electron chi connectivity index (χ4n) is 0.120. The van der Waals surface area contributed by atoms with E-state index in [-0.39, 0.29) is 0 Å². The van der Waals surface area contributed by atoms with Crippen LogP contribution in [-0.4, -0.2) is 25.6 Å².